The van der Waals surface area contributed by atoms with Crippen LogP contribution in [0.15, 0.2) is 6.20 Å². The van der Waals surface area contributed by atoms with Crippen LogP contribution >= 0.6 is 11.8 Å². The van der Waals surface area contributed by atoms with Crippen LogP contribution in [0.3, 0.4) is 0 Å². The second kappa shape index (κ2) is 5.58. The number of nitrogens with zero attached hydrogens (tertiary/aromatic N) is 2. The Morgan fingerprint density at radius 3 is 2.69 bits per heavy atom. The van der Waals surface area contributed by atoms with Crippen LogP contribution in [-0.2, 0) is 13.6 Å². The fraction of sp³-hybridized carbons (Fsp3) is 0.667. The Morgan fingerprint density at radius 2 is 2.19 bits per heavy atom. The molecule has 16 heavy (non-hydrogen) atoms. The van der Waals surface area contributed by atoms with Crippen molar-refractivity contribution in [2.75, 3.05) is 12.3 Å². The number of hydrogen-bond donors (Lipinski definition) is 1. The Labute approximate surface area is 96.4 Å². The molecule has 0 saturated heterocycles. The van der Waals surface area contributed by atoms with Crippen LogP contribution in [-0.4, -0.2) is 27.6 Å². The zero-order valence-corrected chi connectivity index (χ0v) is 9.95. The van der Waals surface area contributed by atoms with Gasteiger partial charge in [0.25, 0.3) is 0 Å². The van der Waals surface area contributed by atoms with Gasteiger partial charge in [-0.15, -0.1) is 0 Å². The summed E-state index contributed by atoms with van der Waals surface area (Å²) in [5.74, 6) is 0.0306. The molecule has 0 bridgehead atoms. The van der Waals surface area contributed by atoms with E-state index in [0.717, 1.165) is 11.3 Å². The maximum absolute atomic E-state index is 11.8. The molecule has 0 aromatic carbocycles. The molecule has 1 heterocycles. The highest BCUT2D eigenvalue weighted by molar-refractivity contribution is 8.00. The van der Waals surface area contributed by atoms with Crippen molar-refractivity contribution in [3.8, 4) is 0 Å². The van der Waals surface area contributed by atoms with E-state index in [1.54, 1.807) is 10.9 Å². The monoisotopic (exact) mass is 253 g/mol. The zero-order chi connectivity index (χ0) is 12.2. The third kappa shape index (κ3) is 4.44. The number of alkyl halides is 3. The van der Waals surface area contributed by atoms with E-state index < -0.39 is 5.51 Å². The van der Waals surface area contributed by atoms with Crippen molar-refractivity contribution < 1.29 is 13.2 Å². The van der Waals surface area contributed by atoms with Gasteiger partial charge < -0.3 is 5.32 Å². The molecule has 0 aliphatic rings. The van der Waals surface area contributed by atoms with Gasteiger partial charge in [0.2, 0.25) is 0 Å². The summed E-state index contributed by atoms with van der Waals surface area (Å²) in [6.45, 7) is 2.81. The Balaban J connectivity index is 2.19. The number of nitrogens with one attached hydrogen (secondary N) is 1. The Kier molecular flexibility index (Phi) is 4.67. The molecule has 3 nitrogen and oxygen atoms in total. The highest BCUT2D eigenvalue weighted by Crippen LogP contribution is 2.29. The molecule has 0 spiro atoms. The molecule has 0 radical (unpaired) electrons. The first-order valence-corrected chi connectivity index (χ1v) is 5.77. The van der Waals surface area contributed by atoms with Crippen molar-refractivity contribution in [3.63, 3.8) is 0 Å². The Hall–Kier alpha value is -0.690. The number of hydrogen-bond acceptors (Lipinski definition) is 3. The lowest BCUT2D eigenvalue weighted by Gasteiger charge is -2.06. The number of aromatic nitrogens is 2. The van der Waals surface area contributed by atoms with Gasteiger partial charge in [-0.25, -0.2) is 0 Å². The molecule has 1 N–H and O–H groups in total. The first kappa shape index (κ1) is 13.4. The molecule has 0 saturated carbocycles. The summed E-state index contributed by atoms with van der Waals surface area (Å²) in [6.07, 6.45) is 1.72. The van der Waals surface area contributed by atoms with Crippen molar-refractivity contribution in [2.45, 2.75) is 19.0 Å². The van der Waals surface area contributed by atoms with E-state index in [2.05, 4.69) is 10.4 Å². The topological polar surface area (TPSA) is 29.9 Å². The lowest BCUT2D eigenvalue weighted by molar-refractivity contribution is -0.0327. The maximum Gasteiger partial charge on any atom is 0.441 e. The second-order valence-electron chi connectivity index (χ2n) is 3.35. The van der Waals surface area contributed by atoms with Crippen molar-refractivity contribution >= 4 is 11.8 Å². The summed E-state index contributed by atoms with van der Waals surface area (Å²) in [5, 5.41) is 7.00. The summed E-state index contributed by atoms with van der Waals surface area (Å²) in [5.41, 5.74) is -2.10. The molecule has 0 atom stereocenters. The molecule has 1 rings (SSSR count). The molecule has 7 heteroatoms. The van der Waals surface area contributed by atoms with Gasteiger partial charge >= 0.3 is 5.51 Å². The van der Waals surface area contributed by atoms with E-state index in [1.165, 1.54) is 0 Å². The molecule has 0 fully saturated rings. The average molecular weight is 253 g/mol. The van der Waals surface area contributed by atoms with Gasteiger partial charge in [0.05, 0.1) is 6.20 Å². The maximum atomic E-state index is 11.8. The van der Waals surface area contributed by atoms with Gasteiger partial charge in [0.1, 0.15) is 0 Å². The number of rotatable bonds is 5. The fourth-order valence-electron chi connectivity index (χ4n) is 1.18. The second-order valence-corrected chi connectivity index (χ2v) is 4.51. The van der Waals surface area contributed by atoms with Gasteiger partial charge in [-0.2, -0.15) is 18.3 Å². The average Bonchev–Trinajstić information content (AvgIpc) is 2.47. The van der Waals surface area contributed by atoms with Gasteiger partial charge in [-0.1, -0.05) is 0 Å². The van der Waals surface area contributed by atoms with E-state index in [0.29, 0.717) is 13.1 Å². The van der Waals surface area contributed by atoms with E-state index in [-0.39, 0.29) is 17.5 Å². The van der Waals surface area contributed by atoms with Crippen LogP contribution in [0, 0.1) is 6.92 Å². The molecular formula is C9H14F3N3S. The minimum atomic E-state index is -4.13. The summed E-state index contributed by atoms with van der Waals surface area (Å²) >= 11 is -0.00522. The lowest BCUT2D eigenvalue weighted by Crippen LogP contribution is -2.18. The summed E-state index contributed by atoms with van der Waals surface area (Å²) < 4.78 is 37.1. The van der Waals surface area contributed by atoms with Crippen LogP contribution in [0.1, 0.15) is 11.3 Å². The predicted octanol–water partition coefficient (Wildman–Crippen LogP) is 2.07. The summed E-state index contributed by atoms with van der Waals surface area (Å²) in [4.78, 5) is 0. The smallest absolute Gasteiger partial charge is 0.312 e. The summed E-state index contributed by atoms with van der Waals surface area (Å²) in [7, 11) is 1.83. The standard InChI is InChI=1S/C9H14F3N3S/c1-7-8(6-14-15(7)2)5-13-3-4-16-9(10,11)12/h6,13H,3-5H2,1-2H3. The van der Waals surface area contributed by atoms with E-state index >= 15 is 0 Å². The van der Waals surface area contributed by atoms with Gasteiger partial charge in [0, 0.05) is 37.1 Å². The lowest BCUT2D eigenvalue weighted by atomic mass is 10.2. The minimum absolute atomic E-state index is 0.00522. The van der Waals surface area contributed by atoms with Gasteiger partial charge in [0.15, 0.2) is 0 Å². The van der Waals surface area contributed by atoms with Gasteiger partial charge in [-0.3, -0.25) is 4.68 Å². The summed E-state index contributed by atoms with van der Waals surface area (Å²) in [6, 6.07) is 0. The molecule has 0 unspecified atom stereocenters. The fourth-order valence-corrected chi connectivity index (χ4v) is 1.66. The first-order chi connectivity index (χ1) is 7.40. The van der Waals surface area contributed by atoms with Crippen LogP contribution in [0.2, 0.25) is 0 Å². The van der Waals surface area contributed by atoms with Crippen LogP contribution in [0.5, 0.6) is 0 Å². The molecule has 1 aromatic heterocycles. The number of aryl methyl sites for hydroxylation is 1. The molecular weight excluding hydrogens is 239 g/mol. The Bertz CT molecular complexity index is 335. The number of halogens is 3. The molecule has 0 amide bonds. The van der Waals surface area contributed by atoms with Crippen molar-refractivity contribution in [1.29, 1.82) is 0 Å². The van der Waals surface area contributed by atoms with E-state index in [1.807, 2.05) is 14.0 Å². The number of thioether (sulfide) groups is 1. The third-order valence-corrected chi connectivity index (χ3v) is 2.93. The zero-order valence-electron chi connectivity index (χ0n) is 9.14. The van der Waals surface area contributed by atoms with Crippen LogP contribution in [0.4, 0.5) is 13.2 Å². The predicted molar refractivity (Wildman–Crippen MR) is 58.2 cm³/mol. The first-order valence-electron chi connectivity index (χ1n) is 4.79. The quantitative estimate of drug-likeness (QED) is 0.815. The molecule has 0 aliphatic heterocycles. The SMILES string of the molecule is Cc1c(CNCCSC(F)(F)F)cnn1C. The van der Waals surface area contributed by atoms with Crippen LogP contribution in [0.25, 0.3) is 0 Å². The van der Waals surface area contributed by atoms with Crippen molar-refractivity contribution in [1.82, 2.24) is 15.1 Å². The largest absolute Gasteiger partial charge is 0.441 e. The third-order valence-electron chi connectivity index (χ3n) is 2.20. The molecule has 92 valence electrons. The van der Waals surface area contributed by atoms with Crippen LogP contribution < -0.4 is 5.32 Å². The highest BCUT2D eigenvalue weighted by Gasteiger charge is 2.27. The molecule has 0 aliphatic carbocycles. The van der Waals surface area contributed by atoms with E-state index in [4.69, 9.17) is 0 Å². The minimum Gasteiger partial charge on any atom is -0.312 e. The Morgan fingerprint density at radius 1 is 1.50 bits per heavy atom. The van der Waals surface area contributed by atoms with E-state index in [9.17, 15) is 13.2 Å². The highest BCUT2D eigenvalue weighted by atomic mass is 32.2. The van der Waals surface area contributed by atoms with Crippen molar-refractivity contribution in [2.24, 2.45) is 7.05 Å². The normalized spacial score (nSPS) is 12.1. The van der Waals surface area contributed by atoms with Gasteiger partial charge in [-0.05, 0) is 18.7 Å². The molecule has 1 aromatic rings. The van der Waals surface area contributed by atoms with Crippen molar-refractivity contribution in [3.05, 3.63) is 17.5 Å².